The molecule has 5 nitrogen and oxygen atoms in total. The molecule has 1 N–H and O–H groups in total. The van der Waals surface area contributed by atoms with Gasteiger partial charge in [-0.05, 0) is 19.1 Å². The fourth-order valence-electron chi connectivity index (χ4n) is 1.75. The van der Waals surface area contributed by atoms with E-state index in [0.717, 1.165) is 5.82 Å². The highest BCUT2D eigenvalue weighted by Gasteiger charge is 2.19. The van der Waals surface area contributed by atoms with Gasteiger partial charge in [0, 0.05) is 19.4 Å². The number of ether oxygens (including phenoxy) is 1. The average molecular weight is 259 g/mol. The number of nitrogens with zero attached hydrogens (tertiary/aromatic N) is 2. The molecule has 100 valence electrons. The number of H-pyrrole nitrogens is 1. The zero-order valence-electron chi connectivity index (χ0n) is 11.0. The third-order valence-electron chi connectivity index (χ3n) is 2.72. The Hall–Kier alpha value is -2.30. The van der Waals surface area contributed by atoms with Crippen LogP contribution in [-0.4, -0.2) is 33.9 Å². The molecule has 0 aliphatic carbocycles. The molecule has 1 unspecified atom stereocenters. The van der Waals surface area contributed by atoms with Gasteiger partial charge < -0.3 is 14.6 Å². The van der Waals surface area contributed by atoms with E-state index in [2.05, 4.69) is 9.97 Å². The minimum atomic E-state index is -0.526. The van der Waals surface area contributed by atoms with Crippen molar-refractivity contribution in [2.75, 3.05) is 7.05 Å². The molecule has 0 saturated carbocycles. The summed E-state index contributed by atoms with van der Waals surface area (Å²) in [5, 5.41) is 0. The van der Waals surface area contributed by atoms with E-state index in [4.69, 9.17) is 4.74 Å². The van der Waals surface area contributed by atoms with Gasteiger partial charge in [0.05, 0.1) is 6.54 Å². The van der Waals surface area contributed by atoms with Gasteiger partial charge in [-0.15, -0.1) is 0 Å². The predicted octanol–water partition coefficient (Wildman–Crippen LogP) is 1.84. The Morgan fingerprint density at radius 1 is 1.42 bits per heavy atom. The summed E-state index contributed by atoms with van der Waals surface area (Å²) >= 11 is 0. The number of imidazole rings is 1. The second-order valence-electron chi connectivity index (χ2n) is 4.30. The molecule has 1 heterocycles. The quantitative estimate of drug-likeness (QED) is 0.891. The summed E-state index contributed by atoms with van der Waals surface area (Å²) in [6.45, 7) is 2.18. The molecule has 5 heteroatoms. The summed E-state index contributed by atoms with van der Waals surface area (Å²) in [4.78, 5) is 20.8. The van der Waals surface area contributed by atoms with Crippen molar-refractivity contribution < 1.29 is 9.53 Å². The number of amides is 1. The lowest BCUT2D eigenvalue weighted by molar-refractivity contribution is -0.137. The maximum Gasteiger partial charge on any atom is 0.263 e. The zero-order chi connectivity index (χ0) is 13.7. The molecule has 0 aliphatic heterocycles. The van der Waals surface area contributed by atoms with Gasteiger partial charge in [-0.25, -0.2) is 4.98 Å². The van der Waals surface area contributed by atoms with E-state index >= 15 is 0 Å². The molecular formula is C14H17N3O2. The summed E-state index contributed by atoms with van der Waals surface area (Å²) in [6.07, 6.45) is 2.87. The van der Waals surface area contributed by atoms with Crippen molar-refractivity contribution >= 4 is 5.91 Å². The Balaban J connectivity index is 1.91. The molecule has 2 rings (SSSR count). The van der Waals surface area contributed by atoms with Crippen LogP contribution in [0.15, 0.2) is 42.7 Å². The van der Waals surface area contributed by atoms with E-state index in [1.165, 1.54) is 0 Å². The summed E-state index contributed by atoms with van der Waals surface area (Å²) in [7, 11) is 1.73. The number of para-hydroxylation sites is 1. The number of benzene rings is 1. The van der Waals surface area contributed by atoms with Crippen LogP contribution in [0.1, 0.15) is 12.7 Å². The normalized spacial score (nSPS) is 11.9. The lowest BCUT2D eigenvalue weighted by atomic mass is 10.3. The first kappa shape index (κ1) is 13.1. The Bertz CT molecular complexity index is 511. The molecule has 0 bridgehead atoms. The van der Waals surface area contributed by atoms with Gasteiger partial charge in [0.15, 0.2) is 6.10 Å². The highest BCUT2D eigenvalue weighted by molar-refractivity contribution is 5.80. The zero-order valence-corrected chi connectivity index (χ0v) is 11.0. The van der Waals surface area contributed by atoms with Crippen LogP contribution < -0.4 is 4.74 Å². The number of likely N-dealkylation sites (N-methyl/N-ethyl adjacent to an activating group) is 1. The molecule has 1 aromatic carbocycles. The van der Waals surface area contributed by atoms with E-state index in [1.807, 2.05) is 30.3 Å². The molecule has 1 amide bonds. The van der Waals surface area contributed by atoms with Gasteiger partial charge in [0.2, 0.25) is 0 Å². The van der Waals surface area contributed by atoms with Crippen LogP contribution >= 0.6 is 0 Å². The van der Waals surface area contributed by atoms with Crippen LogP contribution in [0.4, 0.5) is 0 Å². The minimum absolute atomic E-state index is 0.0831. The smallest absolute Gasteiger partial charge is 0.263 e. The van der Waals surface area contributed by atoms with Crippen molar-refractivity contribution in [3.8, 4) is 5.75 Å². The van der Waals surface area contributed by atoms with Gasteiger partial charge in [-0.2, -0.15) is 0 Å². The average Bonchev–Trinajstić information content (AvgIpc) is 2.91. The van der Waals surface area contributed by atoms with Gasteiger partial charge in [0.25, 0.3) is 5.91 Å². The first-order valence-electron chi connectivity index (χ1n) is 6.12. The number of carbonyl (C=O) groups excluding carboxylic acids is 1. The van der Waals surface area contributed by atoms with Gasteiger partial charge >= 0.3 is 0 Å². The minimum Gasteiger partial charge on any atom is -0.481 e. The van der Waals surface area contributed by atoms with E-state index in [-0.39, 0.29) is 5.91 Å². The Morgan fingerprint density at radius 2 is 2.16 bits per heavy atom. The number of aromatic nitrogens is 2. The molecule has 2 aromatic rings. The SMILES string of the molecule is CC(Oc1ccccc1)C(=O)N(C)Cc1ncc[nH]1. The van der Waals surface area contributed by atoms with E-state index in [9.17, 15) is 4.79 Å². The monoisotopic (exact) mass is 259 g/mol. The van der Waals surface area contributed by atoms with Crippen molar-refractivity contribution in [3.63, 3.8) is 0 Å². The maximum atomic E-state index is 12.1. The van der Waals surface area contributed by atoms with Crippen LogP contribution in [0.3, 0.4) is 0 Å². The summed E-state index contributed by atoms with van der Waals surface area (Å²) in [6, 6.07) is 9.31. The van der Waals surface area contributed by atoms with Crippen molar-refractivity contribution in [2.45, 2.75) is 19.6 Å². The lowest BCUT2D eigenvalue weighted by Crippen LogP contribution is -2.37. The standard InChI is InChI=1S/C14H17N3O2/c1-11(19-12-6-4-3-5-7-12)14(18)17(2)10-13-15-8-9-16-13/h3-9,11H,10H2,1-2H3,(H,15,16). The number of carbonyl (C=O) groups is 1. The van der Waals surface area contributed by atoms with Crippen LogP contribution in [0.2, 0.25) is 0 Å². The van der Waals surface area contributed by atoms with E-state index in [0.29, 0.717) is 12.3 Å². The second-order valence-corrected chi connectivity index (χ2v) is 4.30. The lowest BCUT2D eigenvalue weighted by Gasteiger charge is -2.21. The summed E-state index contributed by atoms with van der Waals surface area (Å²) in [5.74, 6) is 1.36. The van der Waals surface area contributed by atoms with Crippen LogP contribution in [0, 0.1) is 0 Å². The highest BCUT2D eigenvalue weighted by atomic mass is 16.5. The summed E-state index contributed by atoms with van der Waals surface area (Å²) in [5.41, 5.74) is 0. The van der Waals surface area contributed by atoms with Gasteiger partial charge in [-0.3, -0.25) is 4.79 Å². The largest absolute Gasteiger partial charge is 0.481 e. The predicted molar refractivity (Wildman–Crippen MR) is 71.6 cm³/mol. The molecule has 1 atom stereocenters. The van der Waals surface area contributed by atoms with E-state index in [1.54, 1.807) is 31.3 Å². The van der Waals surface area contributed by atoms with Crippen LogP contribution in [0.5, 0.6) is 5.75 Å². The second kappa shape index (κ2) is 6.04. The molecular weight excluding hydrogens is 242 g/mol. The number of aromatic amines is 1. The highest BCUT2D eigenvalue weighted by Crippen LogP contribution is 2.12. The van der Waals surface area contributed by atoms with Crippen molar-refractivity contribution in [3.05, 3.63) is 48.5 Å². The van der Waals surface area contributed by atoms with Crippen molar-refractivity contribution in [1.82, 2.24) is 14.9 Å². The summed E-state index contributed by atoms with van der Waals surface area (Å²) < 4.78 is 5.59. The maximum absolute atomic E-state index is 12.1. The number of rotatable bonds is 5. The Labute approximate surface area is 112 Å². The molecule has 1 aromatic heterocycles. The molecule has 19 heavy (non-hydrogen) atoms. The molecule has 0 spiro atoms. The van der Waals surface area contributed by atoms with Crippen LogP contribution in [-0.2, 0) is 11.3 Å². The first-order chi connectivity index (χ1) is 9.16. The van der Waals surface area contributed by atoms with Crippen molar-refractivity contribution in [2.24, 2.45) is 0 Å². The van der Waals surface area contributed by atoms with Gasteiger partial charge in [0.1, 0.15) is 11.6 Å². The number of nitrogens with one attached hydrogen (secondary N) is 1. The molecule has 0 aliphatic rings. The third kappa shape index (κ3) is 3.58. The third-order valence-corrected chi connectivity index (χ3v) is 2.72. The van der Waals surface area contributed by atoms with E-state index < -0.39 is 6.10 Å². The first-order valence-corrected chi connectivity index (χ1v) is 6.12. The fraction of sp³-hybridized carbons (Fsp3) is 0.286. The molecule has 0 fully saturated rings. The topological polar surface area (TPSA) is 58.2 Å². The molecule has 0 radical (unpaired) electrons. The van der Waals surface area contributed by atoms with Gasteiger partial charge in [-0.1, -0.05) is 18.2 Å². The number of hydrogen-bond donors (Lipinski definition) is 1. The Kier molecular flexibility index (Phi) is 4.18. The molecule has 0 saturated heterocycles. The number of hydrogen-bond acceptors (Lipinski definition) is 3. The Morgan fingerprint density at radius 3 is 2.79 bits per heavy atom. The van der Waals surface area contributed by atoms with Crippen LogP contribution in [0.25, 0.3) is 0 Å². The van der Waals surface area contributed by atoms with Crippen molar-refractivity contribution in [1.29, 1.82) is 0 Å². The fourth-order valence-corrected chi connectivity index (χ4v) is 1.75.